The van der Waals surface area contributed by atoms with Crippen LogP contribution in [-0.4, -0.2) is 27.2 Å². The predicted octanol–water partition coefficient (Wildman–Crippen LogP) is 1.46. The van der Waals surface area contributed by atoms with E-state index in [0.29, 0.717) is 13.1 Å². The molecule has 21 heavy (non-hydrogen) atoms. The Balaban J connectivity index is 2.09. The van der Waals surface area contributed by atoms with Crippen molar-refractivity contribution in [2.24, 2.45) is 0 Å². The van der Waals surface area contributed by atoms with Gasteiger partial charge in [-0.2, -0.15) is 5.10 Å². The molecule has 2 rings (SSSR count). The highest BCUT2D eigenvalue weighted by Gasteiger charge is 2.18. The summed E-state index contributed by atoms with van der Waals surface area (Å²) in [5.41, 5.74) is 5.39. The van der Waals surface area contributed by atoms with Crippen LogP contribution in [0.2, 0.25) is 5.02 Å². The zero-order valence-corrected chi connectivity index (χ0v) is 11.6. The highest BCUT2D eigenvalue weighted by molar-refractivity contribution is 6.34. The molecule has 9 heteroatoms. The smallest absolute Gasteiger partial charge is 0.271 e. The molecule has 1 amide bonds. The number of carbonyl (C=O) groups is 1. The summed E-state index contributed by atoms with van der Waals surface area (Å²) >= 11 is 5.80. The Hall–Kier alpha value is -2.61. The van der Waals surface area contributed by atoms with Gasteiger partial charge in [-0.3, -0.25) is 19.6 Å². The lowest BCUT2D eigenvalue weighted by Crippen LogP contribution is -2.28. The van der Waals surface area contributed by atoms with Crippen LogP contribution in [0.15, 0.2) is 30.6 Å². The molecule has 0 aliphatic heterocycles. The predicted molar refractivity (Wildman–Crippen MR) is 77.1 cm³/mol. The Labute approximate surface area is 124 Å². The van der Waals surface area contributed by atoms with Crippen LogP contribution in [0.4, 0.5) is 11.4 Å². The Morgan fingerprint density at radius 3 is 2.90 bits per heavy atom. The number of hydrogen-bond acceptors (Lipinski definition) is 5. The van der Waals surface area contributed by atoms with Gasteiger partial charge in [0.15, 0.2) is 0 Å². The number of nitrogen functional groups attached to an aromatic ring is 1. The maximum absolute atomic E-state index is 12.0. The minimum Gasteiger partial charge on any atom is -0.397 e. The number of nitrogens with two attached hydrogens (primary N) is 1. The first-order valence-electron chi connectivity index (χ1n) is 5.98. The molecule has 1 aromatic carbocycles. The van der Waals surface area contributed by atoms with Crippen LogP contribution in [0.25, 0.3) is 0 Å². The van der Waals surface area contributed by atoms with E-state index in [-0.39, 0.29) is 22.0 Å². The Morgan fingerprint density at radius 2 is 2.29 bits per heavy atom. The van der Waals surface area contributed by atoms with Crippen molar-refractivity contribution < 1.29 is 9.72 Å². The highest BCUT2D eigenvalue weighted by Crippen LogP contribution is 2.28. The first kappa shape index (κ1) is 14.8. The summed E-state index contributed by atoms with van der Waals surface area (Å²) in [5.74, 6) is -0.523. The fourth-order valence-electron chi connectivity index (χ4n) is 1.71. The van der Waals surface area contributed by atoms with Gasteiger partial charge < -0.3 is 11.1 Å². The maximum Gasteiger partial charge on any atom is 0.271 e. The van der Waals surface area contributed by atoms with Crippen molar-refractivity contribution in [1.29, 1.82) is 0 Å². The summed E-state index contributed by atoms with van der Waals surface area (Å²) in [6, 6.07) is 3.97. The monoisotopic (exact) mass is 309 g/mol. The first-order valence-corrected chi connectivity index (χ1v) is 6.36. The second-order valence-corrected chi connectivity index (χ2v) is 4.58. The van der Waals surface area contributed by atoms with Crippen LogP contribution < -0.4 is 11.1 Å². The second-order valence-electron chi connectivity index (χ2n) is 4.17. The van der Waals surface area contributed by atoms with Crippen molar-refractivity contribution in [3.05, 3.63) is 51.3 Å². The number of nitrogens with one attached hydrogen (secondary N) is 1. The molecule has 0 aliphatic carbocycles. The molecular weight excluding hydrogens is 298 g/mol. The number of benzene rings is 1. The van der Waals surface area contributed by atoms with Gasteiger partial charge in [0.2, 0.25) is 0 Å². The number of hydrogen-bond donors (Lipinski definition) is 2. The molecule has 1 aromatic heterocycles. The molecule has 0 atom stereocenters. The van der Waals surface area contributed by atoms with Gasteiger partial charge in [0.05, 0.1) is 27.7 Å². The molecule has 0 bridgehead atoms. The average Bonchev–Trinajstić information content (AvgIpc) is 2.94. The van der Waals surface area contributed by atoms with E-state index in [1.807, 2.05) is 0 Å². The second kappa shape index (κ2) is 6.23. The summed E-state index contributed by atoms with van der Waals surface area (Å²) in [7, 11) is 0. The first-order chi connectivity index (χ1) is 9.99. The van der Waals surface area contributed by atoms with Gasteiger partial charge in [-0.15, -0.1) is 0 Å². The van der Waals surface area contributed by atoms with Crippen LogP contribution in [0, 0.1) is 10.1 Å². The zero-order valence-electron chi connectivity index (χ0n) is 10.8. The molecule has 1 heterocycles. The van der Waals surface area contributed by atoms with E-state index in [9.17, 15) is 14.9 Å². The molecule has 8 nitrogen and oxygen atoms in total. The van der Waals surface area contributed by atoms with E-state index in [1.54, 1.807) is 23.1 Å². The van der Waals surface area contributed by atoms with Gasteiger partial charge in [-0.05, 0) is 6.07 Å². The fraction of sp³-hybridized carbons (Fsp3) is 0.167. The summed E-state index contributed by atoms with van der Waals surface area (Å²) < 4.78 is 1.64. The van der Waals surface area contributed by atoms with E-state index < -0.39 is 10.8 Å². The van der Waals surface area contributed by atoms with Crippen molar-refractivity contribution in [1.82, 2.24) is 15.1 Å². The van der Waals surface area contributed by atoms with E-state index in [0.717, 1.165) is 12.1 Å². The van der Waals surface area contributed by atoms with Crippen LogP contribution in [0.1, 0.15) is 10.4 Å². The minimum atomic E-state index is -0.633. The van der Waals surface area contributed by atoms with Crippen molar-refractivity contribution in [3.8, 4) is 0 Å². The topological polar surface area (TPSA) is 116 Å². The lowest BCUT2D eigenvalue weighted by molar-refractivity contribution is -0.384. The largest absolute Gasteiger partial charge is 0.397 e. The van der Waals surface area contributed by atoms with Gasteiger partial charge in [0.25, 0.3) is 11.6 Å². The fourth-order valence-corrected chi connectivity index (χ4v) is 1.92. The van der Waals surface area contributed by atoms with E-state index in [1.165, 1.54) is 0 Å². The van der Waals surface area contributed by atoms with Gasteiger partial charge in [0, 0.05) is 31.1 Å². The molecule has 0 radical (unpaired) electrons. The van der Waals surface area contributed by atoms with Crippen LogP contribution in [0.5, 0.6) is 0 Å². The van der Waals surface area contributed by atoms with Crippen molar-refractivity contribution >= 4 is 28.9 Å². The van der Waals surface area contributed by atoms with E-state index in [2.05, 4.69) is 10.4 Å². The summed E-state index contributed by atoms with van der Waals surface area (Å²) in [5, 5.41) is 17.3. The number of halogens is 1. The van der Waals surface area contributed by atoms with Gasteiger partial charge in [-0.1, -0.05) is 11.6 Å². The molecule has 2 aromatic rings. The highest BCUT2D eigenvalue weighted by atomic mass is 35.5. The number of rotatable bonds is 5. The number of amides is 1. The molecule has 110 valence electrons. The number of non-ortho nitro benzene ring substituents is 1. The Bertz CT molecular complexity index is 672. The Kier molecular flexibility index (Phi) is 4.39. The van der Waals surface area contributed by atoms with Crippen molar-refractivity contribution in [2.75, 3.05) is 12.3 Å². The molecule has 0 spiro atoms. The number of nitro groups is 1. The Morgan fingerprint density at radius 1 is 1.52 bits per heavy atom. The lowest BCUT2D eigenvalue weighted by Gasteiger charge is -2.09. The van der Waals surface area contributed by atoms with E-state index >= 15 is 0 Å². The summed E-state index contributed by atoms with van der Waals surface area (Å²) in [4.78, 5) is 22.2. The molecule has 0 unspecified atom stereocenters. The third-order valence-corrected chi connectivity index (χ3v) is 3.07. The molecule has 0 fully saturated rings. The third kappa shape index (κ3) is 3.48. The summed E-state index contributed by atoms with van der Waals surface area (Å²) in [6.45, 7) is 0.779. The SMILES string of the molecule is Nc1c(Cl)cc([N+](=O)[O-])cc1C(=O)NCCn1cccn1. The van der Waals surface area contributed by atoms with Gasteiger partial charge in [-0.25, -0.2) is 0 Å². The number of nitrogens with zero attached hydrogens (tertiary/aromatic N) is 3. The minimum absolute atomic E-state index is 0.0128. The van der Waals surface area contributed by atoms with Crippen LogP contribution in [-0.2, 0) is 6.54 Å². The van der Waals surface area contributed by atoms with Crippen LogP contribution in [0.3, 0.4) is 0 Å². The van der Waals surface area contributed by atoms with Gasteiger partial charge in [0.1, 0.15) is 0 Å². The summed E-state index contributed by atoms with van der Waals surface area (Å²) in [6.07, 6.45) is 3.38. The maximum atomic E-state index is 12.0. The number of nitro benzene ring substituents is 1. The quantitative estimate of drug-likeness (QED) is 0.492. The van der Waals surface area contributed by atoms with Crippen LogP contribution >= 0.6 is 11.6 Å². The molecule has 0 saturated carbocycles. The average molecular weight is 310 g/mol. The van der Waals surface area contributed by atoms with Gasteiger partial charge >= 0.3 is 0 Å². The lowest BCUT2D eigenvalue weighted by atomic mass is 10.1. The van der Waals surface area contributed by atoms with Crippen molar-refractivity contribution in [3.63, 3.8) is 0 Å². The van der Waals surface area contributed by atoms with E-state index in [4.69, 9.17) is 17.3 Å². The zero-order chi connectivity index (χ0) is 15.4. The standard InChI is InChI=1S/C12H12ClN5O3/c13-10-7-8(18(20)21)6-9(11(10)14)12(19)15-3-5-17-4-1-2-16-17/h1-2,4,6-7H,3,5,14H2,(H,15,19). The molecule has 3 N–H and O–H groups in total. The normalized spacial score (nSPS) is 10.3. The number of aromatic nitrogens is 2. The molecular formula is C12H12ClN5O3. The number of anilines is 1. The third-order valence-electron chi connectivity index (χ3n) is 2.76. The number of carbonyl (C=O) groups excluding carboxylic acids is 1. The van der Waals surface area contributed by atoms with Crippen molar-refractivity contribution in [2.45, 2.75) is 6.54 Å². The molecule has 0 saturated heterocycles. The molecule has 0 aliphatic rings.